The molecule has 1 heterocycles. The highest BCUT2D eigenvalue weighted by Gasteiger charge is 2.44. The van der Waals surface area contributed by atoms with Crippen molar-refractivity contribution in [2.75, 3.05) is 12.9 Å². The number of rotatable bonds is 6. The van der Waals surface area contributed by atoms with Gasteiger partial charge in [0.05, 0.1) is 18.6 Å². The molecule has 1 saturated carbocycles. The maximum atomic E-state index is 11.3. The first-order chi connectivity index (χ1) is 8.67. The first kappa shape index (κ1) is 13.1. The van der Waals surface area contributed by atoms with Crippen LogP contribution in [-0.2, 0) is 9.53 Å². The molecule has 0 N–H and O–H groups in total. The monoisotopic (exact) mass is 265 g/mol. The summed E-state index contributed by atoms with van der Waals surface area (Å²) in [6.45, 7) is 0. The molecule has 0 amide bonds. The molecule has 18 heavy (non-hydrogen) atoms. The van der Waals surface area contributed by atoms with Crippen molar-refractivity contribution in [1.82, 2.24) is 4.98 Å². The summed E-state index contributed by atoms with van der Waals surface area (Å²) in [4.78, 5) is 26.0. The Kier molecular flexibility index (Phi) is 4.01. The Bertz CT molecular complexity index is 440. The van der Waals surface area contributed by atoms with Crippen LogP contribution in [0.1, 0.15) is 29.6 Å². The van der Waals surface area contributed by atoms with Crippen LogP contribution in [0.5, 0.6) is 0 Å². The summed E-state index contributed by atoms with van der Waals surface area (Å²) < 4.78 is 4.71. The molecule has 0 aromatic carbocycles. The molecule has 1 aliphatic carbocycles. The number of methoxy groups -OCH3 is 1. The van der Waals surface area contributed by atoms with Crippen molar-refractivity contribution in [1.29, 1.82) is 0 Å². The lowest BCUT2D eigenvalue weighted by Crippen LogP contribution is -2.13. The van der Waals surface area contributed by atoms with E-state index in [1.165, 1.54) is 7.11 Å². The standard InChI is InChI=1S/C13H15NO3S/c1-17-12(16)6-13(4-5-13)9-18-11-3-2-10(8-15)7-14-11/h2-3,7-8H,4-6,9H2,1H3. The van der Waals surface area contributed by atoms with Gasteiger partial charge in [-0.1, -0.05) is 0 Å². The lowest BCUT2D eigenvalue weighted by Gasteiger charge is -2.12. The molecule has 2 rings (SSSR count). The van der Waals surface area contributed by atoms with Crippen LogP contribution in [0.25, 0.3) is 0 Å². The van der Waals surface area contributed by atoms with Gasteiger partial charge < -0.3 is 4.74 Å². The van der Waals surface area contributed by atoms with Crippen LogP contribution < -0.4 is 0 Å². The molecule has 96 valence electrons. The van der Waals surface area contributed by atoms with Crippen LogP contribution in [-0.4, -0.2) is 30.1 Å². The molecule has 4 nitrogen and oxygen atoms in total. The fraction of sp³-hybridized carbons (Fsp3) is 0.462. The molecule has 0 bridgehead atoms. The zero-order valence-electron chi connectivity index (χ0n) is 10.2. The molecule has 1 aromatic heterocycles. The summed E-state index contributed by atoms with van der Waals surface area (Å²) >= 11 is 1.63. The number of hydrogen-bond acceptors (Lipinski definition) is 5. The van der Waals surface area contributed by atoms with Crippen molar-refractivity contribution < 1.29 is 14.3 Å². The molecule has 0 unspecified atom stereocenters. The predicted molar refractivity (Wildman–Crippen MR) is 68.6 cm³/mol. The number of aromatic nitrogens is 1. The minimum atomic E-state index is -0.141. The summed E-state index contributed by atoms with van der Waals surface area (Å²) in [5.74, 6) is 0.729. The zero-order chi connectivity index (χ0) is 13.0. The molecule has 5 heteroatoms. The largest absolute Gasteiger partial charge is 0.469 e. The van der Waals surface area contributed by atoms with Crippen molar-refractivity contribution in [2.24, 2.45) is 5.41 Å². The maximum absolute atomic E-state index is 11.3. The zero-order valence-corrected chi connectivity index (χ0v) is 11.0. The van der Waals surface area contributed by atoms with Crippen molar-refractivity contribution in [3.05, 3.63) is 23.9 Å². The van der Waals surface area contributed by atoms with Gasteiger partial charge in [-0.05, 0) is 30.4 Å². The van der Waals surface area contributed by atoms with Crippen LogP contribution in [0.15, 0.2) is 23.4 Å². The SMILES string of the molecule is COC(=O)CC1(CSc2ccc(C=O)cn2)CC1. The number of thioether (sulfide) groups is 1. The second-order valence-corrected chi connectivity index (χ2v) is 5.58. The summed E-state index contributed by atoms with van der Waals surface area (Å²) in [6.07, 6.45) is 4.97. The predicted octanol–water partition coefficient (Wildman–Crippen LogP) is 2.33. The van der Waals surface area contributed by atoms with Gasteiger partial charge in [-0.25, -0.2) is 4.98 Å². The van der Waals surface area contributed by atoms with Crippen molar-refractivity contribution in [3.63, 3.8) is 0 Å². The van der Waals surface area contributed by atoms with E-state index in [2.05, 4.69) is 4.98 Å². The average Bonchev–Trinajstić information content (AvgIpc) is 3.17. The third-order valence-corrected chi connectivity index (χ3v) is 4.42. The minimum absolute atomic E-state index is 0.1000. The van der Waals surface area contributed by atoms with Crippen LogP contribution in [0, 0.1) is 5.41 Å². The number of esters is 1. The summed E-state index contributed by atoms with van der Waals surface area (Å²) in [7, 11) is 1.42. The lowest BCUT2D eigenvalue weighted by molar-refractivity contribution is -0.141. The highest BCUT2D eigenvalue weighted by molar-refractivity contribution is 7.99. The molecule has 0 aliphatic heterocycles. The molecule has 1 fully saturated rings. The van der Waals surface area contributed by atoms with Gasteiger partial charge in [0.25, 0.3) is 0 Å². The van der Waals surface area contributed by atoms with E-state index >= 15 is 0 Å². The Labute approximate surface area is 110 Å². The quantitative estimate of drug-likeness (QED) is 0.449. The molecule has 0 radical (unpaired) electrons. The molecule has 0 saturated heterocycles. The Hall–Kier alpha value is -1.36. The van der Waals surface area contributed by atoms with Crippen LogP contribution in [0.4, 0.5) is 0 Å². The van der Waals surface area contributed by atoms with Crippen LogP contribution in [0.2, 0.25) is 0 Å². The van der Waals surface area contributed by atoms with Gasteiger partial charge in [0, 0.05) is 17.5 Å². The van der Waals surface area contributed by atoms with E-state index in [1.54, 1.807) is 24.0 Å². The van der Waals surface area contributed by atoms with Gasteiger partial charge in [0.15, 0.2) is 6.29 Å². The third kappa shape index (κ3) is 3.32. The van der Waals surface area contributed by atoms with Crippen molar-refractivity contribution >= 4 is 24.0 Å². The number of ether oxygens (including phenoxy) is 1. The number of hydrogen-bond donors (Lipinski definition) is 0. The number of nitrogens with zero attached hydrogens (tertiary/aromatic N) is 1. The van der Waals surface area contributed by atoms with Crippen LogP contribution >= 0.6 is 11.8 Å². The van der Waals surface area contributed by atoms with E-state index in [4.69, 9.17) is 4.74 Å². The van der Waals surface area contributed by atoms with E-state index in [0.717, 1.165) is 29.9 Å². The van der Waals surface area contributed by atoms with Crippen molar-refractivity contribution in [3.8, 4) is 0 Å². The first-order valence-electron chi connectivity index (χ1n) is 5.78. The van der Waals surface area contributed by atoms with E-state index in [0.29, 0.717) is 12.0 Å². The highest BCUT2D eigenvalue weighted by atomic mass is 32.2. The van der Waals surface area contributed by atoms with Gasteiger partial charge in [-0.15, -0.1) is 11.8 Å². The number of pyridine rings is 1. The molecule has 0 atom stereocenters. The van der Waals surface area contributed by atoms with E-state index in [-0.39, 0.29) is 11.4 Å². The number of carbonyl (C=O) groups is 2. The Morgan fingerprint density at radius 2 is 2.33 bits per heavy atom. The Balaban J connectivity index is 1.87. The Morgan fingerprint density at radius 3 is 2.83 bits per heavy atom. The topological polar surface area (TPSA) is 56.3 Å². The van der Waals surface area contributed by atoms with E-state index in [1.807, 2.05) is 6.07 Å². The normalized spacial score (nSPS) is 16.1. The molecular formula is C13H15NO3S. The fourth-order valence-electron chi connectivity index (χ4n) is 1.70. The number of aldehydes is 1. The van der Waals surface area contributed by atoms with Crippen molar-refractivity contribution in [2.45, 2.75) is 24.3 Å². The van der Waals surface area contributed by atoms with Gasteiger partial charge in [0.2, 0.25) is 0 Å². The second-order valence-electron chi connectivity index (χ2n) is 4.59. The van der Waals surface area contributed by atoms with Gasteiger partial charge >= 0.3 is 5.97 Å². The smallest absolute Gasteiger partial charge is 0.306 e. The lowest BCUT2D eigenvalue weighted by atomic mass is 10.1. The van der Waals surface area contributed by atoms with E-state index in [9.17, 15) is 9.59 Å². The molecule has 0 spiro atoms. The molecule has 1 aromatic rings. The van der Waals surface area contributed by atoms with Crippen LogP contribution in [0.3, 0.4) is 0 Å². The fourth-order valence-corrected chi connectivity index (χ4v) is 2.84. The summed E-state index contributed by atoms with van der Waals surface area (Å²) in [5, 5.41) is 0.886. The Morgan fingerprint density at radius 1 is 1.56 bits per heavy atom. The van der Waals surface area contributed by atoms with Gasteiger partial charge in [-0.2, -0.15) is 0 Å². The first-order valence-corrected chi connectivity index (χ1v) is 6.77. The van der Waals surface area contributed by atoms with Gasteiger partial charge in [0.1, 0.15) is 0 Å². The summed E-state index contributed by atoms with van der Waals surface area (Å²) in [5.41, 5.74) is 0.679. The van der Waals surface area contributed by atoms with E-state index < -0.39 is 0 Å². The second kappa shape index (κ2) is 5.52. The third-order valence-electron chi connectivity index (χ3n) is 3.13. The molecular weight excluding hydrogens is 250 g/mol. The minimum Gasteiger partial charge on any atom is -0.469 e. The average molecular weight is 265 g/mol. The van der Waals surface area contributed by atoms with Gasteiger partial charge in [-0.3, -0.25) is 9.59 Å². The number of carbonyl (C=O) groups excluding carboxylic acids is 2. The summed E-state index contributed by atoms with van der Waals surface area (Å²) in [6, 6.07) is 3.59. The highest BCUT2D eigenvalue weighted by Crippen LogP contribution is 2.51. The maximum Gasteiger partial charge on any atom is 0.306 e. The molecule has 1 aliphatic rings.